The van der Waals surface area contributed by atoms with Crippen molar-refractivity contribution in [2.75, 3.05) is 17.1 Å². The van der Waals surface area contributed by atoms with Crippen LogP contribution >= 0.6 is 0 Å². The van der Waals surface area contributed by atoms with Crippen molar-refractivity contribution in [1.82, 2.24) is 4.98 Å². The largest absolute Gasteiger partial charge is 0.482 e. The molecule has 0 aliphatic heterocycles. The molecule has 0 aliphatic carbocycles. The second kappa shape index (κ2) is 9.65. The fraction of sp³-hybridized carbons (Fsp3) is 0.273. The smallest absolute Gasteiger partial charge is 0.323 e. The Bertz CT molecular complexity index is 1140. The van der Waals surface area contributed by atoms with Crippen LogP contribution in [0.15, 0.2) is 59.0 Å². The summed E-state index contributed by atoms with van der Waals surface area (Å²) in [6.07, 6.45) is -0.517. The van der Waals surface area contributed by atoms with Gasteiger partial charge < -0.3 is 13.9 Å². The lowest BCUT2D eigenvalue weighted by Gasteiger charge is -2.17. The molecule has 164 valence electrons. The molecule has 31 heavy (non-hydrogen) atoms. The van der Waals surface area contributed by atoms with E-state index in [1.54, 1.807) is 45.0 Å². The molecule has 3 rings (SSSR count). The number of esters is 1. The molecule has 0 saturated heterocycles. The molecule has 0 aliphatic rings. The zero-order chi connectivity index (χ0) is 22.4. The Morgan fingerprint density at radius 3 is 2.52 bits per heavy atom. The number of benzene rings is 2. The SMILES string of the molecule is CCOC(=O)CS(=O)(=O)Nc1ccccc1OC(C)c1nc(-c2ccccc2)oc1C. The lowest BCUT2D eigenvalue weighted by atomic mass is 10.2. The van der Waals surface area contributed by atoms with Crippen LogP contribution in [-0.2, 0) is 19.6 Å². The van der Waals surface area contributed by atoms with Gasteiger partial charge in [0.1, 0.15) is 23.3 Å². The highest BCUT2D eigenvalue weighted by Gasteiger charge is 2.22. The fourth-order valence-corrected chi connectivity index (χ4v) is 3.92. The van der Waals surface area contributed by atoms with Crippen molar-refractivity contribution in [2.45, 2.75) is 26.9 Å². The number of aromatic nitrogens is 1. The summed E-state index contributed by atoms with van der Waals surface area (Å²) in [4.78, 5) is 16.1. The minimum absolute atomic E-state index is 0.105. The van der Waals surface area contributed by atoms with Crippen molar-refractivity contribution in [1.29, 1.82) is 0 Å². The van der Waals surface area contributed by atoms with Gasteiger partial charge in [0, 0.05) is 5.56 Å². The van der Waals surface area contributed by atoms with Crippen LogP contribution in [0.4, 0.5) is 5.69 Å². The second-order valence-electron chi connectivity index (χ2n) is 6.75. The van der Waals surface area contributed by atoms with Gasteiger partial charge in [0.15, 0.2) is 5.75 Å². The number of anilines is 1. The maximum absolute atomic E-state index is 12.3. The van der Waals surface area contributed by atoms with E-state index in [4.69, 9.17) is 13.9 Å². The Balaban J connectivity index is 1.78. The molecule has 0 saturated carbocycles. The average molecular weight is 445 g/mol. The number of hydrogen-bond donors (Lipinski definition) is 1. The summed E-state index contributed by atoms with van der Waals surface area (Å²) in [6, 6.07) is 16.1. The van der Waals surface area contributed by atoms with Crippen LogP contribution < -0.4 is 9.46 Å². The number of aryl methyl sites for hydroxylation is 1. The summed E-state index contributed by atoms with van der Waals surface area (Å²) in [5.41, 5.74) is 1.65. The number of para-hydroxylation sites is 2. The Kier molecular flexibility index (Phi) is 6.96. The van der Waals surface area contributed by atoms with E-state index in [-0.39, 0.29) is 12.3 Å². The maximum atomic E-state index is 12.3. The van der Waals surface area contributed by atoms with Crippen molar-refractivity contribution >= 4 is 21.7 Å². The molecular formula is C22H24N2O6S. The molecule has 0 spiro atoms. The van der Waals surface area contributed by atoms with Crippen molar-refractivity contribution < 1.29 is 27.1 Å². The Labute approximate surface area is 181 Å². The molecule has 8 nitrogen and oxygen atoms in total. The molecule has 1 N–H and O–H groups in total. The number of sulfonamides is 1. The van der Waals surface area contributed by atoms with Gasteiger partial charge in [-0.15, -0.1) is 0 Å². The molecule has 0 amide bonds. The first-order chi connectivity index (χ1) is 14.8. The number of rotatable bonds is 9. The van der Waals surface area contributed by atoms with E-state index in [1.165, 1.54) is 0 Å². The summed E-state index contributed by atoms with van der Waals surface area (Å²) in [5.74, 6) is -0.230. The standard InChI is InChI=1S/C22H24N2O6S/c1-4-28-20(25)14-31(26,27)24-18-12-8-9-13-19(18)29-15(2)21-16(3)30-22(23-21)17-10-6-5-7-11-17/h5-13,15,24H,4,14H2,1-3H3. The Morgan fingerprint density at radius 2 is 1.81 bits per heavy atom. The number of nitrogens with zero attached hydrogens (tertiary/aromatic N) is 1. The van der Waals surface area contributed by atoms with Crippen LogP contribution in [0.3, 0.4) is 0 Å². The first-order valence-corrected chi connectivity index (χ1v) is 11.4. The fourth-order valence-electron chi connectivity index (χ4n) is 2.95. The van der Waals surface area contributed by atoms with Gasteiger partial charge in [0.25, 0.3) is 0 Å². The number of ether oxygens (including phenoxy) is 2. The van der Waals surface area contributed by atoms with Gasteiger partial charge in [0.05, 0.1) is 12.3 Å². The number of carbonyl (C=O) groups is 1. The third-order valence-electron chi connectivity index (χ3n) is 4.31. The number of hydrogen-bond acceptors (Lipinski definition) is 7. The highest BCUT2D eigenvalue weighted by Crippen LogP contribution is 2.32. The summed E-state index contributed by atoms with van der Waals surface area (Å²) < 4.78 is 43.5. The van der Waals surface area contributed by atoms with Gasteiger partial charge >= 0.3 is 5.97 Å². The Hall–Kier alpha value is -3.33. The predicted octanol–water partition coefficient (Wildman–Crippen LogP) is 4.09. The molecule has 1 unspecified atom stereocenters. The van der Waals surface area contributed by atoms with Crippen LogP contribution in [0.2, 0.25) is 0 Å². The second-order valence-corrected chi connectivity index (χ2v) is 8.47. The van der Waals surface area contributed by atoms with Gasteiger partial charge in [0.2, 0.25) is 15.9 Å². The third-order valence-corrected chi connectivity index (χ3v) is 5.45. The lowest BCUT2D eigenvalue weighted by molar-refractivity contribution is -0.139. The van der Waals surface area contributed by atoms with Gasteiger partial charge in [-0.2, -0.15) is 0 Å². The van der Waals surface area contributed by atoms with E-state index in [1.807, 2.05) is 30.3 Å². The van der Waals surface area contributed by atoms with E-state index in [2.05, 4.69) is 9.71 Å². The first-order valence-electron chi connectivity index (χ1n) is 9.73. The van der Waals surface area contributed by atoms with Gasteiger partial charge in [-0.1, -0.05) is 30.3 Å². The van der Waals surface area contributed by atoms with Crippen LogP contribution in [0, 0.1) is 6.92 Å². The van der Waals surface area contributed by atoms with Crippen molar-refractivity contribution in [3.63, 3.8) is 0 Å². The molecule has 2 aromatic carbocycles. The monoisotopic (exact) mass is 444 g/mol. The zero-order valence-electron chi connectivity index (χ0n) is 17.5. The van der Waals surface area contributed by atoms with Crippen LogP contribution in [0.1, 0.15) is 31.4 Å². The number of oxazole rings is 1. The highest BCUT2D eigenvalue weighted by molar-refractivity contribution is 7.93. The molecular weight excluding hydrogens is 420 g/mol. The maximum Gasteiger partial charge on any atom is 0.323 e. The summed E-state index contributed by atoms with van der Waals surface area (Å²) in [5, 5.41) is 0. The van der Waals surface area contributed by atoms with Gasteiger partial charge in [-0.05, 0) is 45.0 Å². The average Bonchev–Trinajstić information content (AvgIpc) is 3.11. The molecule has 0 bridgehead atoms. The topological polar surface area (TPSA) is 108 Å². The van der Waals surface area contributed by atoms with Crippen LogP contribution in [-0.4, -0.2) is 31.7 Å². The molecule has 1 heterocycles. The molecule has 1 atom stereocenters. The van der Waals surface area contributed by atoms with E-state index < -0.39 is 27.8 Å². The Morgan fingerprint density at radius 1 is 1.13 bits per heavy atom. The van der Waals surface area contributed by atoms with Crippen LogP contribution in [0.5, 0.6) is 5.75 Å². The molecule has 0 fully saturated rings. The minimum Gasteiger partial charge on any atom is -0.482 e. The van der Waals surface area contributed by atoms with Gasteiger partial charge in [-0.3, -0.25) is 9.52 Å². The molecule has 9 heteroatoms. The first kappa shape index (κ1) is 22.4. The van der Waals surface area contributed by atoms with E-state index in [0.29, 0.717) is 23.1 Å². The van der Waals surface area contributed by atoms with Gasteiger partial charge in [-0.25, -0.2) is 13.4 Å². The van der Waals surface area contributed by atoms with Crippen molar-refractivity contribution in [3.8, 4) is 17.2 Å². The molecule has 1 aromatic heterocycles. The highest BCUT2D eigenvalue weighted by atomic mass is 32.2. The van der Waals surface area contributed by atoms with E-state index >= 15 is 0 Å². The summed E-state index contributed by atoms with van der Waals surface area (Å²) >= 11 is 0. The summed E-state index contributed by atoms with van der Waals surface area (Å²) in [7, 11) is -3.96. The van der Waals surface area contributed by atoms with E-state index in [0.717, 1.165) is 5.56 Å². The van der Waals surface area contributed by atoms with Crippen molar-refractivity contribution in [2.24, 2.45) is 0 Å². The zero-order valence-corrected chi connectivity index (χ0v) is 18.3. The lowest BCUT2D eigenvalue weighted by Crippen LogP contribution is -2.24. The predicted molar refractivity (Wildman–Crippen MR) is 116 cm³/mol. The minimum atomic E-state index is -3.96. The number of carbonyl (C=O) groups excluding carboxylic acids is 1. The third kappa shape index (κ3) is 5.85. The van der Waals surface area contributed by atoms with E-state index in [9.17, 15) is 13.2 Å². The van der Waals surface area contributed by atoms with Crippen molar-refractivity contribution in [3.05, 3.63) is 66.1 Å². The molecule has 3 aromatic rings. The summed E-state index contributed by atoms with van der Waals surface area (Å²) in [6.45, 7) is 5.30. The molecule has 0 radical (unpaired) electrons. The number of nitrogens with one attached hydrogen (secondary N) is 1. The normalized spacial score (nSPS) is 12.2. The van der Waals surface area contributed by atoms with Crippen LogP contribution in [0.25, 0.3) is 11.5 Å². The quantitative estimate of drug-likeness (QED) is 0.495.